The molecule has 0 aromatic heterocycles. The number of nitrogens with one attached hydrogen (secondary N) is 1. The number of nitro benzene ring substituents is 1. The van der Waals surface area contributed by atoms with Crippen molar-refractivity contribution in [3.05, 3.63) is 69.3 Å². The van der Waals surface area contributed by atoms with E-state index in [1.54, 1.807) is 0 Å². The van der Waals surface area contributed by atoms with Crippen molar-refractivity contribution in [2.45, 2.75) is 26.2 Å². The Morgan fingerprint density at radius 2 is 1.83 bits per heavy atom. The second-order valence-electron chi connectivity index (χ2n) is 6.72. The van der Waals surface area contributed by atoms with E-state index in [9.17, 15) is 19.7 Å². The third kappa shape index (κ3) is 6.31. The van der Waals surface area contributed by atoms with E-state index in [1.807, 2.05) is 12.1 Å². The van der Waals surface area contributed by atoms with E-state index in [0.717, 1.165) is 11.6 Å². The molecule has 0 unspecified atom stereocenters. The molecule has 0 saturated heterocycles. The van der Waals surface area contributed by atoms with Crippen LogP contribution in [0.25, 0.3) is 0 Å². The lowest BCUT2D eigenvalue weighted by atomic mass is 10.0. The minimum Gasteiger partial charge on any atom is -0.490 e. The summed E-state index contributed by atoms with van der Waals surface area (Å²) in [6.45, 7) is 4.19. The van der Waals surface area contributed by atoms with E-state index in [-0.39, 0.29) is 17.0 Å². The van der Waals surface area contributed by atoms with E-state index in [0.29, 0.717) is 18.9 Å². The molecule has 2 aromatic rings. The van der Waals surface area contributed by atoms with Crippen molar-refractivity contribution < 1.29 is 24.0 Å². The number of rotatable bonds is 9. The highest BCUT2D eigenvalue weighted by Crippen LogP contribution is 2.27. The monoisotopic (exact) mass is 400 g/mol. The Balaban J connectivity index is 1.80. The van der Waals surface area contributed by atoms with Gasteiger partial charge in [-0.1, -0.05) is 38.1 Å². The number of amides is 1. The zero-order valence-electron chi connectivity index (χ0n) is 16.6. The smallest absolute Gasteiger partial charge is 0.338 e. The number of nitrogens with zero attached hydrogens (tertiary/aromatic N) is 1. The van der Waals surface area contributed by atoms with Gasteiger partial charge in [0, 0.05) is 12.6 Å². The van der Waals surface area contributed by atoms with Crippen LogP contribution in [0, 0.1) is 10.1 Å². The average molecular weight is 400 g/mol. The summed E-state index contributed by atoms with van der Waals surface area (Å²) in [6.07, 6.45) is 0.655. The first kappa shape index (κ1) is 21.9. The topological polar surface area (TPSA) is 108 Å². The fourth-order valence-corrected chi connectivity index (χ4v) is 2.64. The third-order valence-corrected chi connectivity index (χ3v) is 4.33. The van der Waals surface area contributed by atoms with Gasteiger partial charge in [0.25, 0.3) is 5.91 Å². The third-order valence-electron chi connectivity index (χ3n) is 4.33. The van der Waals surface area contributed by atoms with Crippen molar-refractivity contribution in [1.82, 2.24) is 5.32 Å². The summed E-state index contributed by atoms with van der Waals surface area (Å²) < 4.78 is 9.81. The summed E-state index contributed by atoms with van der Waals surface area (Å²) in [5, 5.41) is 13.7. The van der Waals surface area contributed by atoms with Crippen molar-refractivity contribution in [3.8, 4) is 5.75 Å². The molecule has 8 nitrogen and oxygen atoms in total. The molecule has 1 amide bonds. The van der Waals surface area contributed by atoms with Crippen molar-refractivity contribution >= 4 is 17.6 Å². The Hall–Kier alpha value is -3.42. The Morgan fingerprint density at radius 3 is 2.41 bits per heavy atom. The van der Waals surface area contributed by atoms with Crippen molar-refractivity contribution in [1.29, 1.82) is 0 Å². The molecule has 0 bridgehead atoms. The quantitative estimate of drug-likeness (QED) is 0.393. The highest BCUT2D eigenvalue weighted by molar-refractivity contribution is 5.92. The summed E-state index contributed by atoms with van der Waals surface area (Å²) in [6, 6.07) is 11.9. The molecule has 0 heterocycles. The van der Waals surface area contributed by atoms with Crippen LogP contribution in [0.5, 0.6) is 5.75 Å². The first-order valence-electron chi connectivity index (χ1n) is 9.17. The van der Waals surface area contributed by atoms with Gasteiger partial charge >= 0.3 is 11.7 Å². The Labute approximate surface area is 169 Å². The zero-order chi connectivity index (χ0) is 21.4. The molecule has 0 aliphatic heterocycles. The molecule has 0 aliphatic carbocycles. The van der Waals surface area contributed by atoms with Crippen LogP contribution in [0.3, 0.4) is 0 Å². The molecule has 0 saturated carbocycles. The average Bonchev–Trinajstić information content (AvgIpc) is 2.71. The molecule has 2 aromatic carbocycles. The minimum absolute atomic E-state index is 0.0319. The zero-order valence-corrected chi connectivity index (χ0v) is 16.6. The molecule has 0 atom stereocenters. The normalized spacial score (nSPS) is 10.5. The molecule has 154 valence electrons. The lowest BCUT2D eigenvalue weighted by molar-refractivity contribution is -0.385. The summed E-state index contributed by atoms with van der Waals surface area (Å²) in [7, 11) is 1.29. The minimum atomic E-state index is -0.824. The molecule has 0 radical (unpaired) electrons. The SMILES string of the molecule is COc1ccc(C(=O)OCC(=O)NCCc2ccc(C(C)C)cc2)cc1[N+](=O)[O-]. The van der Waals surface area contributed by atoms with Gasteiger partial charge in [0.1, 0.15) is 0 Å². The number of ether oxygens (including phenoxy) is 2. The maximum atomic E-state index is 12.0. The number of benzene rings is 2. The highest BCUT2D eigenvalue weighted by atomic mass is 16.6. The van der Waals surface area contributed by atoms with Gasteiger partial charge in [-0.05, 0) is 35.6 Å². The number of carbonyl (C=O) groups excluding carboxylic acids is 2. The molecule has 2 rings (SSSR count). The van der Waals surface area contributed by atoms with Gasteiger partial charge < -0.3 is 14.8 Å². The standard InChI is InChI=1S/C21H24N2O6/c1-14(2)16-6-4-15(5-7-16)10-11-22-20(24)13-29-21(25)17-8-9-19(28-3)18(12-17)23(26)27/h4-9,12,14H,10-11,13H2,1-3H3,(H,22,24). The molecule has 0 fully saturated rings. The lowest BCUT2D eigenvalue weighted by Gasteiger charge is -2.09. The number of methoxy groups -OCH3 is 1. The lowest BCUT2D eigenvalue weighted by Crippen LogP contribution is -2.30. The maximum Gasteiger partial charge on any atom is 0.338 e. The Morgan fingerprint density at radius 1 is 1.14 bits per heavy atom. The largest absolute Gasteiger partial charge is 0.490 e. The highest BCUT2D eigenvalue weighted by Gasteiger charge is 2.19. The second kappa shape index (κ2) is 10.2. The van der Waals surface area contributed by atoms with Gasteiger partial charge in [-0.15, -0.1) is 0 Å². The van der Waals surface area contributed by atoms with Gasteiger partial charge in [-0.25, -0.2) is 4.79 Å². The van der Waals surface area contributed by atoms with Gasteiger partial charge in [-0.3, -0.25) is 14.9 Å². The summed E-state index contributed by atoms with van der Waals surface area (Å²) in [4.78, 5) is 34.3. The van der Waals surface area contributed by atoms with Crippen LogP contribution in [0.4, 0.5) is 5.69 Å². The van der Waals surface area contributed by atoms with Gasteiger partial charge in [-0.2, -0.15) is 0 Å². The van der Waals surface area contributed by atoms with E-state index in [1.165, 1.54) is 24.8 Å². The fourth-order valence-electron chi connectivity index (χ4n) is 2.64. The first-order valence-corrected chi connectivity index (χ1v) is 9.17. The summed E-state index contributed by atoms with van der Waals surface area (Å²) >= 11 is 0. The van der Waals surface area contributed by atoms with Crippen molar-refractivity contribution in [3.63, 3.8) is 0 Å². The van der Waals surface area contributed by atoms with Crippen LogP contribution in [0.1, 0.15) is 41.3 Å². The van der Waals surface area contributed by atoms with E-state index < -0.39 is 23.4 Å². The second-order valence-corrected chi connectivity index (χ2v) is 6.72. The first-order chi connectivity index (χ1) is 13.8. The predicted octanol–water partition coefficient (Wildman–Crippen LogP) is 3.24. The summed E-state index contributed by atoms with van der Waals surface area (Å²) in [5.41, 5.74) is 1.96. The number of esters is 1. The van der Waals surface area contributed by atoms with Crippen molar-refractivity contribution in [2.75, 3.05) is 20.3 Å². The van der Waals surface area contributed by atoms with Crippen LogP contribution >= 0.6 is 0 Å². The van der Waals surface area contributed by atoms with Crippen LogP contribution in [-0.4, -0.2) is 37.1 Å². The van der Waals surface area contributed by atoms with Gasteiger partial charge in [0.2, 0.25) is 0 Å². The molecular formula is C21H24N2O6. The molecule has 0 aliphatic rings. The van der Waals surface area contributed by atoms with Crippen LogP contribution in [0.15, 0.2) is 42.5 Å². The van der Waals surface area contributed by atoms with E-state index in [2.05, 4.69) is 31.3 Å². The molecule has 8 heteroatoms. The predicted molar refractivity (Wildman–Crippen MR) is 107 cm³/mol. The van der Waals surface area contributed by atoms with Crippen LogP contribution < -0.4 is 10.1 Å². The number of nitro groups is 1. The Kier molecular flexibility index (Phi) is 7.70. The molecule has 0 spiro atoms. The van der Waals surface area contributed by atoms with Gasteiger partial charge in [0.15, 0.2) is 12.4 Å². The van der Waals surface area contributed by atoms with Gasteiger partial charge in [0.05, 0.1) is 17.6 Å². The molecule has 1 N–H and O–H groups in total. The molecular weight excluding hydrogens is 376 g/mol. The number of hydrogen-bond donors (Lipinski definition) is 1. The number of carbonyl (C=O) groups is 2. The van der Waals surface area contributed by atoms with Crippen LogP contribution in [0.2, 0.25) is 0 Å². The Bertz CT molecular complexity index is 877. The fraction of sp³-hybridized carbons (Fsp3) is 0.333. The van der Waals surface area contributed by atoms with Crippen LogP contribution in [-0.2, 0) is 16.0 Å². The molecule has 29 heavy (non-hydrogen) atoms. The van der Waals surface area contributed by atoms with Crippen molar-refractivity contribution in [2.24, 2.45) is 0 Å². The maximum absolute atomic E-state index is 12.0. The summed E-state index contributed by atoms with van der Waals surface area (Å²) in [5.74, 6) is -0.772. The number of hydrogen-bond acceptors (Lipinski definition) is 6. The van der Waals surface area contributed by atoms with E-state index in [4.69, 9.17) is 9.47 Å². The van der Waals surface area contributed by atoms with E-state index >= 15 is 0 Å².